The van der Waals surface area contributed by atoms with Crippen LogP contribution >= 0.6 is 0 Å². The van der Waals surface area contributed by atoms with Gasteiger partial charge in [0.15, 0.2) is 12.6 Å². The number of rotatable bonds is 17. The fourth-order valence-electron chi connectivity index (χ4n) is 12.8. The third-order valence-corrected chi connectivity index (χ3v) is 17.8. The number of carbonyl (C=O) groups excluding carboxylic acids is 1. The lowest BCUT2D eigenvalue weighted by Crippen LogP contribution is -2.59. The quantitative estimate of drug-likeness (QED) is 0.104. The van der Waals surface area contributed by atoms with E-state index >= 15 is 0 Å². The second kappa shape index (κ2) is 27.2. The zero-order valence-corrected chi connectivity index (χ0v) is 48.7. The van der Waals surface area contributed by atoms with Crippen molar-refractivity contribution < 1.29 is 62.8 Å². The van der Waals surface area contributed by atoms with Gasteiger partial charge >= 0.3 is 5.97 Å². The van der Waals surface area contributed by atoms with Crippen molar-refractivity contribution in [1.82, 2.24) is 24.8 Å². The predicted molar refractivity (Wildman–Crippen MR) is 291 cm³/mol. The maximum absolute atomic E-state index is 15.0. The fourth-order valence-corrected chi connectivity index (χ4v) is 12.8. The van der Waals surface area contributed by atoms with Gasteiger partial charge in [-0.25, -0.2) is 9.07 Å². The molecule has 1 saturated carbocycles. The maximum Gasteiger partial charge on any atom is 0.311 e. The topological polar surface area (TPSA) is 238 Å². The van der Waals surface area contributed by atoms with Crippen LogP contribution in [-0.2, 0) is 44.4 Å². The van der Waals surface area contributed by atoms with Crippen molar-refractivity contribution in [2.75, 3.05) is 53.4 Å². The summed E-state index contributed by atoms with van der Waals surface area (Å²) in [6.45, 7) is 18.3. The molecule has 77 heavy (non-hydrogen) atoms. The summed E-state index contributed by atoms with van der Waals surface area (Å²) in [5, 5.41) is 60.0. The van der Waals surface area contributed by atoms with E-state index in [0.717, 1.165) is 36.9 Å². The van der Waals surface area contributed by atoms with Crippen LogP contribution in [0.2, 0.25) is 0 Å². The van der Waals surface area contributed by atoms with Gasteiger partial charge in [0.25, 0.3) is 0 Å². The summed E-state index contributed by atoms with van der Waals surface area (Å²) in [5.41, 5.74) is 4.48. The Morgan fingerprint density at radius 1 is 0.961 bits per heavy atom. The highest BCUT2D eigenvalue weighted by atomic mass is 19.1. The number of aliphatic hydroxyl groups excluding tert-OH is 2. The van der Waals surface area contributed by atoms with E-state index in [9.17, 15) is 29.6 Å². The van der Waals surface area contributed by atoms with Crippen LogP contribution in [-0.4, -0.2) is 196 Å². The number of alkyl halides is 1. The third kappa shape index (κ3) is 15.3. The molecule has 0 bridgehead atoms. The first kappa shape index (κ1) is 63.2. The summed E-state index contributed by atoms with van der Waals surface area (Å²) in [6.07, 6.45) is -0.184. The van der Waals surface area contributed by atoms with Gasteiger partial charge in [0.1, 0.15) is 42.7 Å². The highest BCUT2D eigenvalue weighted by molar-refractivity contribution is 5.73. The molecule has 4 fully saturated rings. The molecule has 20 heteroatoms. The average Bonchev–Trinajstić information content (AvgIpc) is 3.86. The molecule has 0 amide bonds. The number of esters is 1. The molecule has 4 heterocycles. The van der Waals surface area contributed by atoms with Crippen LogP contribution in [0.25, 0.3) is 0 Å². The van der Waals surface area contributed by atoms with E-state index in [2.05, 4.69) is 20.5 Å². The number of anilines is 1. The van der Waals surface area contributed by atoms with E-state index in [0.29, 0.717) is 38.0 Å². The Balaban J connectivity index is 1.21. The minimum absolute atomic E-state index is 0.0143. The van der Waals surface area contributed by atoms with Crippen molar-refractivity contribution in [2.24, 2.45) is 23.5 Å². The number of hydrogen-bond acceptors (Lipinski definition) is 18. The molecule has 2 aromatic rings. The maximum atomic E-state index is 15.0. The lowest BCUT2D eigenvalue weighted by Gasteiger charge is -2.48. The summed E-state index contributed by atoms with van der Waals surface area (Å²) in [6, 6.07) is 6.92. The van der Waals surface area contributed by atoms with Gasteiger partial charge in [0.05, 0.1) is 47.2 Å². The van der Waals surface area contributed by atoms with E-state index in [1.807, 2.05) is 71.0 Å². The van der Waals surface area contributed by atoms with Gasteiger partial charge in [-0.1, -0.05) is 51.0 Å². The molecule has 2 unspecified atom stereocenters. The largest absolute Gasteiger partial charge is 0.459 e. The summed E-state index contributed by atoms with van der Waals surface area (Å²) in [5.74, 6) is -2.56. The number of aromatic nitrogens is 3. The summed E-state index contributed by atoms with van der Waals surface area (Å²) >= 11 is 0. The summed E-state index contributed by atoms with van der Waals surface area (Å²) in [4.78, 5) is 18.7. The number of nitrogens with zero attached hydrogens (tertiary/aromatic N) is 5. The molecule has 0 spiro atoms. The molecule has 6 rings (SSSR count). The van der Waals surface area contributed by atoms with Crippen LogP contribution in [0, 0.1) is 17.8 Å². The molecule has 3 saturated heterocycles. The Hall–Kier alpha value is -2.96. The molecule has 0 radical (unpaired) electrons. The Bertz CT molecular complexity index is 2130. The number of hydrogen-bond donors (Lipinski definition) is 6. The van der Waals surface area contributed by atoms with Gasteiger partial charge in [-0.05, 0) is 118 Å². The lowest BCUT2D eigenvalue weighted by molar-refractivity contribution is -0.308. The second-order valence-corrected chi connectivity index (χ2v) is 24.2. The molecular weight excluding hydrogens is 994 g/mol. The zero-order valence-electron chi connectivity index (χ0n) is 48.7. The highest BCUT2D eigenvalue weighted by Gasteiger charge is 2.52. The number of likely N-dealkylation sites (N-methyl/N-ethyl adjacent to an activating group) is 2. The number of ether oxygens (including phenoxy) is 7. The van der Waals surface area contributed by atoms with Gasteiger partial charge in [0, 0.05) is 88.5 Å². The monoisotopic (exact) mass is 1090 g/mol. The van der Waals surface area contributed by atoms with Crippen LogP contribution in [0.4, 0.5) is 10.1 Å². The third-order valence-electron chi connectivity index (χ3n) is 17.8. The van der Waals surface area contributed by atoms with E-state index in [1.54, 1.807) is 52.6 Å². The molecule has 440 valence electrons. The number of nitrogens with one attached hydrogen (secondary N) is 1. The van der Waals surface area contributed by atoms with Crippen molar-refractivity contribution in [1.29, 1.82) is 0 Å². The summed E-state index contributed by atoms with van der Waals surface area (Å²) in [7, 11) is 7.00. The average molecular weight is 1090 g/mol. The predicted octanol–water partition coefficient (Wildman–Crippen LogP) is 5.71. The molecule has 1 aromatic carbocycles. The highest BCUT2D eigenvalue weighted by Crippen LogP contribution is 2.41. The van der Waals surface area contributed by atoms with E-state index in [1.165, 1.54) is 14.0 Å². The Morgan fingerprint density at radius 2 is 1.65 bits per heavy atom. The smallest absolute Gasteiger partial charge is 0.311 e. The van der Waals surface area contributed by atoms with Crippen molar-refractivity contribution in [3.63, 3.8) is 0 Å². The lowest BCUT2D eigenvalue weighted by atomic mass is 9.77. The number of nitrogens with two attached hydrogens (primary N) is 1. The fraction of sp³-hybridized carbons (Fsp3) is 0.842. The Labute approximate surface area is 458 Å². The Morgan fingerprint density at radius 3 is 2.29 bits per heavy atom. The molecule has 4 aliphatic rings. The summed E-state index contributed by atoms with van der Waals surface area (Å²) < 4.78 is 61.2. The second-order valence-electron chi connectivity index (χ2n) is 24.2. The normalized spacial score (nSPS) is 40.3. The molecule has 3 aliphatic heterocycles. The van der Waals surface area contributed by atoms with Crippen LogP contribution in [0.1, 0.15) is 150 Å². The molecule has 1 aromatic heterocycles. The van der Waals surface area contributed by atoms with Gasteiger partial charge in [-0.3, -0.25) is 4.79 Å². The van der Waals surface area contributed by atoms with E-state index < -0.39 is 109 Å². The van der Waals surface area contributed by atoms with Gasteiger partial charge in [-0.15, -0.1) is 5.10 Å². The van der Waals surface area contributed by atoms with E-state index in [4.69, 9.17) is 38.9 Å². The van der Waals surface area contributed by atoms with Gasteiger partial charge in [-0.2, -0.15) is 0 Å². The number of methoxy groups -OCH3 is 2. The number of halogens is 1. The van der Waals surface area contributed by atoms with E-state index in [-0.39, 0.29) is 49.4 Å². The minimum atomic E-state index is -1.82. The first-order valence-corrected chi connectivity index (χ1v) is 28.5. The first-order valence-electron chi connectivity index (χ1n) is 28.5. The SMILES string of the molecule is CC[C@H]1OC(=O)[C@H](C)[C@@H](O[C@H]2C[C@@](C)(OC)[C@@H](O)[C@H](C)O2)[C@H](C)[C@@H](O[C@H]2C[C@@H](N(C)CCc3cn([C@H](CF)[C@H](OC)c4ccc(NC5CCCCC5N)cc4)nn3)C[C@@H](C)O2)[C@](C)(O)C[C@@H](C)CN(C)[C@H](C)[C@@H](O)[C@]1(C)O. The van der Waals surface area contributed by atoms with Crippen LogP contribution in [0.5, 0.6) is 0 Å². The number of carbonyl (C=O) groups is 1. The van der Waals surface area contributed by atoms with Crippen molar-refractivity contribution in [2.45, 2.75) is 242 Å². The van der Waals surface area contributed by atoms with Crippen LogP contribution in [0.3, 0.4) is 0 Å². The first-order chi connectivity index (χ1) is 36.3. The molecule has 21 atom stereocenters. The van der Waals surface area contributed by atoms with Gasteiger partial charge in [0.2, 0.25) is 0 Å². The molecule has 19 nitrogen and oxygen atoms in total. The van der Waals surface area contributed by atoms with Crippen molar-refractivity contribution in [3.8, 4) is 0 Å². The van der Waals surface area contributed by atoms with Crippen LogP contribution < -0.4 is 11.1 Å². The number of aliphatic hydroxyl groups is 4. The molecule has 1 aliphatic carbocycles. The molecule has 7 N–H and O–H groups in total. The standard InChI is InChI=1S/C57H98FN7O12/c1-15-46-57(10,70)51(66)37(6)64(12)31-33(2)28-55(8,69)53(35(4)49(36(5)54(68)75-46)76-48-29-56(9,72-14)52(67)38(7)74-48)77-47-27-42(26-34(3)73-47)63(11)25-24-41-32-65(62-61-41)45(30-58)50(71-13)39-20-22-40(23-21-39)60-44-19-17-16-18-43(44)59/h20-23,32-38,42-53,60,66-67,69-70H,15-19,24-31,59H2,1-14H3/t33-,34-,35+,36-,37-,38+,42+,43?,44?,45-,46-,47+,48+,49+,50-,51-,52+,53-,55-,56-,57-/m1/s1. The number of cyclic esters (lactones) is 1. The Kier molecular flexibility index (Phi) is 22.3. The zero-order chi connectivity index (χ0) is 56.7. The van der Waals surface area contributed by atoms with Crippen LogP contribution in [0.15, 0.2) is 30.5 Å². The van der Waals surface area contributed by atoms with Gasteiger partial charge < -0.3 is 74.4 Å². The molecular formula is C57H98FN7O12. The minimum Gasteiger partial charge on any atom is -0.459 e. The van der Waals surface area contributed by atoms with Crippen molar-refractivity contribution >= 4 is 11.7 Å². The van der Waals surface area contributed by atoms with Crippen molar-refractivity contribution in [3.05, 3.63) is 41.7 Å². The number of benzene rings is 1.